The van der Waals surface area contributed by atoms with Gasteiger partial charge in [-0.15, -0.1) is 0 Å². The molecule has 0 radical (unpaired) electrons. The molecular weight excluding hydrogens is 1810 g/mol. The lowest BCUT2D eigenvalue weighted by molar-refractivity contribution is 0.660. The van der Waals surface area contributed by atoms with Crippen LogP contribution in [0.2, 0.25) is 0 Å². The Morgan fingerprint density at radius 3 is 1.05 bits per heavy atom. The SMILES string of the molecule is CC1(C)c2ccccc2-c2ccc(N(c3ccccc3-c3ccccc3)c3cc4c(c5ccccc35)c3ccccc3n4-c3ccccc3)cc21.c1ccc(-c2ccc(N(c3ccc(-c4ccccc4)cc3)c3ccc4c(ccc5c4c4ccccc4n5-c4ccccc4)c3)cc2)cc1.c1ccc(-n2c3ccccc3c3c4cccc(N(c5ccc6c(c5)oc5ccccc56)c5ccc6c(c5)oc5ccccc56)c4ccc32)cc1. The van der Waals surface area contributed by atoms with Crippen molar-refractivity contribution in [2.24, 2.45) is 0 Å². The number of para-hydroxylation sites is 9. The van der Waals surface area contributed by atoms with Crippen molar-refractivity contribution in [3.8, 4) is 61.6 Å². The minimum Gasteiger partial charge on any atom is -0.456 e. The molecule has 0 saturated carbocycles. The van der Waals surface area contributed by atoms with Gasteiger partial charge in [0, 0.05) is 139 Å². The monoisotopic (exact) mass is 1900 g/mol. The quantitative estimate of drug-likeness (QED) is 0.102. The lowest BCUT2D eigenvalue weighted by atomic mass is 9.82. The summed E-state index contributed by atoms with van der Waals surface area (Å²) in [6, 6.07) is 197. The van der Waals surface area contributed by atoms with E-state index in [0.717, 1.165) is 112 Å². The fourth-order valence-corrected chi connectivity index (χ4v) is 23.7. The summed E-state index contributed by atoms with van der Waals surface area (Å²) >= 11 is 0. The summed E-state index contributed by atoms with van der Waals surface area (Å²) in [6.45, 7) is 4.73. The first kappa shape index (κ1) is 87.3. The Bertz CT molecular complexity index is 10100. The third kappa shape index (κ3) is 14.8. The van der Waals surface area contributed by atoms with Gasteiger partial charge in [-0.3, -0.25) is 0 Å². The zero-order valence-electron chi connectivity index (χ0n) is 82.0. The van der Waals surface area contributed by atoms with Crippen molar-refractivity contribution in [1.29, 1.82) is 0 Å². The number of aromatic nitrogens is 3. The first-order valence-electron chi connectivity index (χ1n) is 51.2. The zero-order chi connectivity index (χ0) is 98.7. The van der Waals surface area contributed by atoms with Gasteiger partial charge in [-0.2, -0.15) is 0 Å². The average molecular weight is 1910 g/mol. The predicted octanol–water partition coefficient (Wildman–Crippen LogP) is 39.3. The number of nitrogens with zero attached hydrogens (tertiary/aromatic N) is 6. The molecule has 0 unspecified atom stereocenters. The summed E-state index contributed by atoms with van der Waals surface area (Å²) in [5.74, 6) is 0. The van der Waals surface area contributed by atoms with Gasteiger partial charge in [-0.25, -0.2) is 0 Å². The molecule has 29 aromatic rings. The third-order valence-electron chi connectivity index (χ3n) is 30.5. The summed E-state index contributed by atoms with van der Waals surface area (Å²) in [6.07, 6.45) is 0. The fraction of sp³-hybridized carbons (Fsp3) is 0.0213. The average Bonchev–Trinajstić information content (AvgIpc) is 1.54. The normalized spacial score (nSPS) is 12.1. The van der Waals surface area contributed by atoms with Crippen LogP contribution in [-0.2, 0) is 5.41 Å². The van der Waals surface area contributed by atoms with E-state index < -0.39 is 0 Å². The molecule has 702 valence electrons. The summed E-state index contributed by atoms with van der Waals surface area (Å²) in [7, 11) is 0. The van der Waals surface area contributed by atoms with E-state index in [4.69, 9.17) is 8.83 Å². The Kier molecular flexibility index (Phi) is 21.1. The molecule has 0 atom stereocenters. The molecule has 0 fully saturated rings. The van der Waals surface area contributed by atoms with Crippen LogP contribution >= 0.6 is 0 Å². The first-order valence-corrected chi connectivity index (χ1v) is 51.2. The Balaban J connectivity index is 0.000000108. The molecule has 0 N–H and O–H groups in total. The lowest BCUT2D eigenvalue weighted by Gasteiger charge is -2.31. The number of rotatable bonds is 15. The van der Waals surface area contributed by atoms with Gasteiger partial charge >= 0.3 is 0 Å². The van der Waals surface area contributed by atoms with Crippen molar-refractivity contribution in [3.63, 3.8) is 0 Å². The summed E-state index contributed by atoms with van der Waals surface area (Å²) < 4.78 is 20.0. The molecule has 8 heteroatoms. The highest BCUT2D eigenvalue weighted by atomic mass is 16.3. The van der Waals surface area contributed by atoms with E-state index in [2.05, 4.69) is 564 Å². The summed E-state index contributed by atoms with van der Waals surface area (Å²) in [5.41, 5.74) is 36.5. The first-order chi connectivity index (χ1) is 73.7. The van der Waals surface area contributed by atoms with Gasteiger partial charge in [0.1, 0.15) is 22.3 Å². The van der Waals surface area contributed by atoms with Gasteiger partial charge < -0.3 is 37.2 Å². The minimum absolute atomic E-state index is 0.127. The Hall–Kier alpha value is -19.5. The lowest BCUT2D eigenvalue weighted by Crippen LogP contribution is -2.17. The van der Waals surface area contributed by atoms with E-state index in [0.29, 0.717) is 0 Å². The third-order valence-corrected chi connectivity index (χ3v) is 30.5. The van der Waals surface area contributed by atoms with Crippen LogP contribution in [0, 0.1) is 0 Å². The van der Waals surface area contributed by atoms with Crippen LogP contribution in [0.25, 0.3) is 203 Å². The molecule has 0 bridgehead atoms. The summed E-state index contributed by atoms with van der Waals surface area (Å²) in [4.78, 5) is 7.21. The molecule has 0 aliphatic heterocycles. The second kappa shape index (κ2) is 36.1. The van der Waals surface area contributed by atoms with E-state index in [1.165, 1.54) is 154 Å². The van der Waals surface area contributed by atoms with Crippen LogP contribution in [0.5, 0.6) is 0 Å². The largest absolute Gasteiger partial charge is 0.456 e. The van der Waals surface area contributed by atoms with Gasteiger partial charge in [0.25, 0.3) is 0 Å². The topological polar surface area (TPSA) is 50.8 Å². The number of hydrogen-bond donors (Lipinski definition) is 0. The Morgan fingerprint density at radius 1 is 0.174 bits per heavy atom. The van der Waals surface area contributed by atoms with Crippen molar-refractivity contribution >= 4 is 193 Å². The maximum Gasteiger partial charge on any atom is 0.137 e. The number of anilines is 9. The van der Waals surface area contributed by atoms with Crippen molar-refractivity contribution in [1.82, 2.24) is 13.7 Å². The zero-order valence-corrected chi connectivity index (χ0v) is 82.0. The molecule has 0 spiro atoms. The Morgan fingerprint density at radius 2 is 0.517 bits per heavy atom. The maximum absolute atomic E-state index is 6.42. The number of fused-ring (bicyclic) bond motifs is 24. The van der Waals surface area contributed by atoms with E-state index in [-0.39, 0.29) is 5.41 Å². The summed E-state index contributed by atoms with van der Waals surface area (Å²) in [5, 5.41) is 19.3. The molecule has 1 aliphatic carbocycles. The number of benzene rings is 24. The highest BCUT2D eigenvalue weighted by Gasteiger charge is 2.37. The van der Waals surface area contributed by atoms with Crippen LogP contribution < -0.4 is 14.7 Å². The predicted molar refractivity (Wildman–Crippen MR) is 627 cm³/mol. The molecule has 0 amide bonds. The van der Waals surface area contributed by atoms with Crippen LogP contribution in [0.4, 0.5) is 51.2 Å². The molecule has 5 heterocycles. The van der Waals surface area contributed by atoms with E-state index in [1.54, 1.807) is 0 Å². The molecule has 149 heavy (non-hydrogen) atoms. The molecule has 0 saturated heterocycles. The van der Waals surface area contributed by atoms with Gasteiger partial charge in [0.2, 0.25) is 0 Å². The second-order valence-electron chi connectivity index (χ2n) is 39.3. The van der Waals surface area contributed by atoms with Crippen LogP contribution in [0.1, 0.15) is 25.0 Å². The van der Waals surface area contributed by atoms with Crippen molar-refractivity contribution < 1.29 is 8.83 Å². The highest BCUT2D eigenvalue weighted by molar-refractivity contribution is 6.27. The van der Waals surface area contributed by atoms with E-state index in [9.17, 15) is 0 Å². The molecule has 30 rings (SSSR count). The van der Waals surface area contributed by atoms with Gasteiger partial charge in [-0.1, -0.05) is 378 Å². The number of furan rings is 2. The maximum atomic E-state index is 6.42. The van der Waals surface area contributed by atoms with Crippen LogP contribution in [0.3, 0.4) is 0 Å². The molecule has 24 aromatic carbocycles. The molecule has 8 nitrogen and oxygen atoms in total. The van der Waals surface area contributed by atoms with Crippen LogP contribution in [-0.4, -0.2) is 13.7 Å². The van der Waals surface area contributed by atoms with Crippen LogP contribution in [0.15, 0.2) is 555 Å². The van der Waals surface area contributed by atoms with Crippen molar-refractivity contribution in [3.05, 3.63) is 557 Å². The van der Waals surface area contributed by atoms with Gasteiger partial charge in [0.15, 0.2) is 0 Å². The van der Waals surface area contributed by atoms with Crippen molar-refractivity contribution in [2.75, 3.05) is 14.7 Å². The van der Waals surface area contributed by atoms with Gasteiger partial charge in [0.05, 0.1) is 50.2 Å². The second-order valence-corrected chi connectivity index (χ2v) is 39.3. The van der Waals surface area contributed by atoms with E-state index in [1.807, 2.05) is 24.3 Å². The standard InChI is InChI=1S/C49H36N2.C46H28N2O2.C46H32N2/c1-49(2)42-26-14-11-22-37(42)38-30-29-35(31-43(38)49)51(44-27-15-12-21-36(44)33-17-5-3-6-18-33)46-32-47-48(40-24-10-9-23-39(40)46)41-25-13-16-28-45(41)50(47)34-19-7-4-8-20-34;1-2-11-29(12-3-1)48-40-17-7-4-15-38(40)46-37-16-10-18-39(32(37)25-26-41(46)48)47(30-21-23-35-33-13-5-8-19-42(33)49-44(35)27-30)31-22-24-36-34-14-6-9-20-43(34)50-45(36)28-31;1-4-12-33(13-5-1)35-20-25-39(26-21-35)47(40-27-22-36(23-28-40)34-14-6-2-7-15-34)41-29-30-42-37(32-41)24-31-45-46(42)43-18-10-11-19-44(43)48(45)38-16-8-3-9-17-38/h3-32H,1-2H3;1-28H;1-32H. The van der Waals surface area contributed by atoms with E-state index >= 15 is 0 Å². The molecule has 5 aromatic heterocycles. The van der Waals surface area contributed by atoms with Gasteiger partial charge in [-0.05, 0) is 241 Å². The van der Waals surface area contributed by atoms with Crippen molar-refractivity contribution in [2.45, 2.75) is 19.3 Å². The fourth-order valence-electron chi connectivity index (χ4n) is 23.7. The highest BCUT2D eigenvalue weighted by Crippen LogP contribution is 2.55. The number of hydrogen-bond acceptors (Lipinski definition) is 5. The Labute approximate surface area is 861 Å². The molecular formula is C141H96N6O2. The molecule has 1 aliphatic rings. The minimum atomic E-state index is -0.127. The smallest absolute Gasteiger partial charge is 0.137 e.